The first-order valence-electron chi connectivity index (χ1n) is 5.83. The van der Waals surface area contributed by atoms with Crippen LogP contribution in [0.3, 0.4) is 0 Å². The van der Waals surface area contributed by atoms with Gasteiger partial charge in [-0.1, -0.05) is 19.0 Å². The maximum Gasteiger partial charge on any atom is 0.245 e. The Morgan fingerprint density at radius 2 is 1.94 bits per heavy atom. The van der Waals surface area contributed by atoms with Crippen molar-refractivity contribution >= 4 is 10.0 Å². The van der Waals surface area contributed by atoms with Gasteiger partial charge in [0.15, 0.2) is 5.76 Å². The number of nitrogens with zero attached hydrogens (tertiary/aromatic N) is 1. The number of rotatable bonds is 3. The van der Waals surface area contributed by atoms with E-state index >= 15 is 0 Å². The van der Waals surface area contributed by atoms with Crippen molar-refractivity contribution in [1.29, 1.82) is 0 Å². The Morgan fingerprint density at radius 1 is 1.35 bits per heavy atom. The number of aryl methyl sites for hydroxylation is 1. The van der Waals surface area contributed by atoms with E-state index < -0.39 is 10.0 Å². The summed E-state index contributed by atoms with van der Waals surface area (Å²) in [7, 11) is -3.48. The van der Waals surface area contributed by atoms with Crippen molar-refractivity contribution in [3.63, 3.8) is 0 Å². The van der Waals surface area contributed by atoms with Gasteiger partial charge in [0, 0.05) is 6.04 Å². The van der Waals surface area contributed by atoms with Gasteiger partial charge in [0.2, 0.25) is 10.0 Å². The van der Waals surface area contributed by atoms with Gasteiger partial charge >= 0.3 is 0 Å². The Labute approximate surface area is 102 Å². The van der Waals surface area contributed by atoms with Crippen LogP contribution in [0.1, 0.15) is 32.4 Å². The third kappa shape index (κ3) is 2.52. The average molecular weight is 258 g/mol. The van der Waals surface area contributed by atoms with E-state index in [9.17, 15) is 8.42 Å². The van der Waals surface area contributed by atoms with E-state index in [1.165, 1.54) is 6.20 Å². The van der Waals surface area contributed by atoms with Gasteiger partial charge in [-0.25, -0.2) is 13.1 Å². The van der Waals surface area contributed by atoms with Crippen LogP contribution < -0.4 is 4.72 Å². The first-order valence-corrected chi connectivity index (χ1v) is 7.32. The lowest BCUT2D eigenvalue weighted by Gasteiger charge is -2.11. The topological polar surface area (TPSA) is 72.2 Å². The van der Waals surface area contributed by atoms with E-state index in [1.54, 1.807) is 6.92 Å². The smallest absolute Gasteiger partial charge is 0.245 e. The Bertz CT molecular complexity index is 485. The van der Waals surface area contributed by atoms with Gasteiger partial charge in [0.1, 0.15) is 4.90 Å². The standard InChI is InChI=1S/C11H18N2O3S/c1-7-4-10(5-8(7)2)13-17(14,15)11-6-12-16-9(11)3/h6-8,10,13H,4-5H2,1-3H3. The fourth-order valence-corrected chi connectivity index (χ4v) is 3.74. The SMILES string of the molecule is Cc1oncc1S(=O)(=O)NC1CC(C)C(C)C1. The van der Waals surface area contributed by atoms with Crippen LogP contribution in [0.15, 0.2) is 15.6 Å². The number of aromatic nitrogens is 1. The minimum atomic E-state index is -3.48. The molecular weight excluding hydrogens is 240 g/mol. The summed E-state index contributed by atoms with van der Waals surface area (Å²) in [6.07, 6.45) is 3.04. The molecule has 2 unspecified atom stereocenters. The molecule has 0 spiro atoms. The summed E-state index contributed by atoms with van der Waals surface area (Å²) in [5.41, 5.74) is 0. The second kappa shape index (κ2) is 4.42. The third-order valence-electron chi connectivity index (χ3n) is 3.60. The zero-order valence-electron chi connectivity index (χ0n) is 10.3. The maximum atomic E-state index is 12.1. The van der Waals surface area contributed by atoms with Gasteiger partial charge in [0.05, 0.1) is 6.20 Å². The van der Waals surface area contributed by atoms with Crippen molar-refractivity contribution in [3.8, 4) is 0 Å². The zero-order valence-corrected chi connectivity index (χ0v) is 11.1. The van der Waals surface area contributed by atoms with E-state index in [1.807, 2.05) is 0 Å². The highest BCUT2D eigenvalue weighted by atomic mass is 32.2. The molecule has 1 fully saturated rings. The number of hydrogen-bond donors (Lipinski definition) is 1. The first kappa shape index (κ1) is 12.6. The number of hydrogen-bond acceptors (Lipinski definition) is 4. The molecule has 1 saturated carbocycles. The lowest BCUT2D eigenvalue weighted by molar-refractivity contribution is 0.394. The summed E-state index contributed by atoms with van der Waals surface area (Å²) in [6.45, 7) is 5.91. The first-order chi connectivity index (χ1) is 7.90. The molecule has 6 heteroatoms. The van der Waals surface area contributed by atoms with Crippen LogP contribution in [0.5, 0.6) is 0 Å². The Balaban J connectivity index is 2.12. The van der Waals surface area contributed by atoms with Gasteiger partial charge in [-0.15, -0.1) is 0 Å². The average Bonchev–Trinajstić information content (AvgIpc) is 2.74. The van der Waals surface area contributed by atoms with Gasteiger partial charge in [-0.2, -0.15) is 0 Å². The molecule has 2 atom stereocenters. The van der Waals surface area contributed by atoms with E-state index in [4.69, 9.17) is 4.52 Å². The monoisotopic (exact) mass is 258 g/mol. The fraction of sp³-hybridized carbons (Fsp3) is 0.727. The van der Waals surface area contributed by atoms with E-state index in [2.05, 4.69) is 23.7 Å². The van der Waals surface area contributed by atoms with E-state index in [-0.39, 0.29) is 10.9 Å². The van der Waals surface area contributed by atoms with E-state index in [0.717, 1.165) is 12.8 Å². The minimum Gasteiger partial charge on any atom is -0.360 e. The summed E-state index contributed by atoms with van der Waals surface area (Å²) in [4.78, 5) is 0.143. The van der Waals surface area contributed by atoms with Crippen molar-refractivity contribution < 1.29 is 12.9 Å². The van der Waals surface area contributed by atoms with Crippen LogP contribution in [0.2, 0.25) is 0 Å². The molecule has 0 saturated heterocycles. The fourth-order valence-electron chi connectivity index (χ4n) is 2.39. The van der Waals surface area contributed by atoms with Gasteiger partial charge in [-0.3, -0.25) is 0 Å². The van der Waals surface area contributed by atoms with Crippen LogP contribution in [-0.4, -0.2) is 19.6 Å². The molecule has 0 aliphatic heterocycles. The molecule has 1 heterocycles. The Hall–Kier alpha value is -0.880. The van der Waals surface area contributed by atoms with Crippen molar-refractivity contribution in [3.05, 3.63) is 12.0 Å². The molecule has 0 bridgehead atoms. The van der Waals surface area contributed by atoms with Crippen molar-refractivity contribution in [2.45, 2.75) is 44.6 Å². The minimum absolute atomic E-state index is 0.0271. The third-order valence-corrected chi connectivity index (χ3v) is 5.22. The molecule has 0 amide bonds. The van der Waals surface area contributed by atoms with Crippen LogP contribution in [-0.2, 0) is 10.0 Å². The summed E-state index contributed by atoms with van der Waals surface area (Å²) >= 11 is 0. The molecule has 2 rings (SSSR count). The van der Waals surface area contributed by atoms with E-state index in [0.29, 0.717) is 17.6 Å². The summed E-state index contributed by atoms with van der Waals surface area (Å²) in [5.74, 6) is 1.45. The van der Waals surface area contributed by atoms with Crippen LogP contribution in [0.25, 0.3) is 0 Å². The number of sulfonamides is 1. The summed E-state index contributed by atoms with van der Waals surface area (Å²) in [6, 6.07) is 0.0271. The summed E-state index contributed by atoms with van der Waals surface area (Å²) in [5, 5.41) is 3.50. The predicted octanol–water partition coefficient (Wildman–Crippen LogP) is 1.70. The highest BCUT2D eigenvalue weighted by molar-refractivity contribution is 7.89. The van der Waals surface area contributed by atoms with Gasteiger partial charge in [0.25, 0.3) is 0 Å². The van der Waals surface area contributed by atoms with Gasteiger partial charge in [-0.05, 0) is 31.6 Å². The molecule has 1 aromatic heterocycles. The highest BCUT2D eigenvalue weighted by Gasteiger charge is 2.32. The Kier molecular flexibility index (Phi) is 3.27. The van der Waals surface area contributed by atoms with Crippen molar-refractivity contribution in [2.24, 2.45) is 11.8 Å². The molecule has 1 N–H and O–H groups in total. The largest absolute Gasteiger partial charge is 0.360 e. The van der Waals surface area contributed by atoms with Gasteiger partial charge < -0.3 is 4.52 Å². The highest BCUT2D eigenvalue weighted by Crippen LogP contribution is 2.31. The molecule has 0 radical (unpaired) electrons. The van der Waals surface area contributed by atoms with Crippen molar-refractivity contribution in [1.82, 2.24) is 9.88 Å². The van der Waals surface area contributed by atoms with Crippen LogP contribution in [0.4, 0.5) is 0 Å². The maximum absolute atomic E-state index is 12.1. The predicted molar refractivity (Wildman–Crippen MR) is 62.9 cm³/mol. The lowest BCUT2D eigenvalue weighted by Crippen LogP contribution is -2.33. The molecule has 5 nitrogen and oxygen atoms in total. The molecular formula is C11H18N2O3S. The number of nitrogens with one attached hydrogen (secondary N) is 1. The van der Waals surface area contributed by atoms with Crippen LogP contribution in [0, 0.1) is 18.8 Å². The summed E-state index contributed by atoms with van der Waals surface area (Å²) < 4.78 is 31.7. The molecule has 1 aromatic rings. The second-order valence-electron chi connectivity index (χ2n) is 4.99. The lowest BCUT2D eigenvalue weighted by atomic mass is 10.0. The molecule has 1 aliphatic carbocycles. The molecule has 0 aromatic carbocycles. The van der Waals surface area contributed by atoms with Crippen molar-refractivity contribution in [2.75, 3.05) is 0 Å². The molecule has 96 valence electrons. The normalized spacial score (nSPS) is 29.7. The van der Waals surface area contributed by atoms with Crippen LogP contribution >= 0.6 is 0 Å². The zero-order chi connectivity index (χ0) is 12.6. The second-order valence-corrected chi connectivity index (χ2v) is 6.67. The molecule has 17 heavy (non-hydrogen) atoms. The Morgan fingerprint density at radius 3 is 2.41 bits per heavy atom. The molecule has 1 aliphatic rings. The quantitative estimate of drug-likeness (QED) is 0.895.